The number of hydrogen-bond donors (Lipinski definition) is 0. The predicted molar refractivity (Wildman–Crippen MR) is 64.9 cm³/mol. The van der Waals surface area contributed by atoms with Crippen molar-refractivity contribution in [1.82, 2.24) is 0 Å². The van der Waals surface area contributed by atoms with E-state index in [1.165, 1.54) is 0 Å². The molecule has 1 radical (unpaired) electrons. The number of methoxy groups -OCH3 is 2. The van der Waals surface area contributed by atoms with Gasteiger partial charge in [0.15, 0.2) is 11.5 Å². The van der Waals surface area contributed by atoms with Gasteiger partial charge < -0.3 is 14.2 Å². The third kappa shape index (κ3) is 2.50. The van der Waals surface area contributed by atoms with Gasteiger partial charge in [-0.3, -0.25) is 0 Å². The van der Waals surface area contributed by atoms with Gasteiger partial charge in [-0.2, -0.15) is 0 Å². The van der Waals surface area contributed by atoms with Crippen molar-refractivity contribution in [3.8, 4) is 23.0 Å². The highest BCUT2D eigenvalue weighted by atomic mass is 16.5. The first-order valence-electron chi connectivity index (χ1n) is 5.20. The highest BCUT2D eigenvalue weighted by molar-refractivity contribution is 5.52. The monoisotopic (exact) mass is 229 g/mol. The lowest BCUT2D eigenvalue weighted by molar-refractivity contribution is 0.346. The summed E-state index contributed by atoms with van der Waals surface area (Å²) in [6.45, 7) is 0. The van der Waals surface area contributed by atoms with Crippen molar-refractivity contribution in [3.05, 3.63) is 48.5 Å². The van der Waals surface area contributed by atoms with Gasteiger partial charge in [0.05, 0.1) is 14.2 Å². The Morgan fingerprint density at radius 1 is 0.882 bits per heavy atom. The van der Waals surface area contributed by atoms with Crippen molar-refractivity contribution in [1.29, 1.82) is 0 Å². The minimum absolute atomic E-state index is 0.573. The average molecular weight is 229 g/mol. The van der Waals surface area contributed by atoms with Crippen molar-refractivity contribution in [2.24, 2.45) is 0 Å². The Balaban J connectivity index is 2.37. The van der Waals surface area contributed by atoms with Gasteiger partial charge in [-0.15, -0.1) is 0 Å². The van der Waals surface area contributed by atoms with E-state index in [1.54, 1.807) is 26.4 Å². The van der Waals surface area contributed by atoms with Gasteiger partial charge in [-0.05, 0) is 30.3 Å². The smallest absolute Gasteiger partial charge is 0.210 e. The van der Waals surface area contributed by atoms with Crippen LogP contribution in [0.4, 0.5) is 0 Å². The molecule has 0 aliphatic carbocycles. The van der Waals surface area contributed by atoms with Crippen LogP contribution in [-0.2, 0) is 0 Å². The number of para-hydroxylation sites is 1. The summed E-state index contributed by atoms with van der Waals surface area (Å²) in [4.78, 5) is 0. The Hall–Kier alpha value is -2.16. The van der Waals surface area contributed by atoms with Crippen LogP contribution < -0.4 is 14.2 Å². The van der Waals surface area contributed by atoms with Crippen LogP contribution in [0.25, 0.3) is 0 Å². The summed E-state index contributed by atoms with van der Waals surface area (Å²) in [7, 11) is 3.20. The van der Waals surface area contributed by atoms with Crippen LogP contribution in [0.2, 0.25) is 0 Å². The van der Waals surface area contributed by atoms with Gasteiger partial charge >= 0.3 is 0 Å². The van der Waals surface area contributed by atoms with Crippen LogP contribution in [0.15, 0.2) is 42.5 Å². The number of benzene rings is 2. The fourth-order valence-corrected chi connectivity index (χ4v) is 1.48. The summed E-state index contributed by atoms with van der Waals surface area (Å²) in [6, 6.07) is 15.7. The number of rotatable bonds is 4. The molecule has 0 unspecified atom stereocenters. The first kappa shape index (κ1) is 11.3. The molecule has 3 heteroatoms. The Morgan fingerprint density at radius 3 is 2.00 bits per heavy atom. The van der Waals surface area contributed by atoms with Gasteiger partial charge in [0.25, 0.3) is 0 Å². The molecule has 0 aromatic heterocycles. The average Bonchev–Trinajstić information content (AvgIpc) is 2.40. The summed E-state index contributed by atoms with van der Waals surface area (Å²) in [6.07, 6.45) is 0. The zero-order valence-electron chi connectivity index (χ0n) is 9.77. The van der Waals surface area contributed by atoms with E-state index >= 15 is 0 Å². The van der Waals surface area contributed by atoms with Crippen LogP contribution in [0.5, 0.6) is 23.0 Å². The van der Waals surface area contributed by atoms with Crippen molar-refractivity contribution in [2.45, 2.75) is 0 Å². The van der Waals surface area contributed by atoms with Gasteiger partial charge in [-0.1, -0.05) is 18.2 Å². The standard InChI is InChI=1S/C14H13O3/c1-15-12-9-6-10-13(16-2)14(12)17-11-7-4-3-5-8-11/h4-10H,1-2H3. The van der Waals surface area contributed by atoms with Gasteiger partial charge in [0.1, 0.15) is 5.75 Å². The second-order valence-corrected chi connectivity index (χ2v) is 3.33. The van der Waals surface area contributed by atoms with Crippen molar-refractivity contribution in [2.75, 3.05) is 14.2 Å². The maximum absolute atomic E-state index is 5.75. The second kappa shape index (κ2) is 5.25. The fraction of sp³-hybridized carbons (Fsp3) is 0.143. The topological polar surface area (TPSA) is 27.7 Å². The summed E-state index contributed by atoms with van der Waals surface area (Å²) in [5, 5.41) is 0. The maximum Gasteiger partial charge on any atom is 0.210 e. The fourth-order valence-electron chi connectivity index (χ4n) is 1.48. The van der Waals surface area contributed by atoms with Crippen LogP contribution in [-0.4, -0.2) is 14.2 Å². The molecule has 0 saturated carbocycles. The summed E-state index contributed by atoms with van der Waals surface area (Å²) in [5.41, 5.74) is 0. The molecule has 0 saturated heterocycles. The van der Waals surface area contributed by atoms with Gasteiger partial charge in [0, 0.05) is 0 Å². The normalized spacial score (nSPS) is 9.76. The molecule has 0 aliphatic heterocycles. The van der Waals surface area contributed by atoms with Crippen LogP contribution in [0.1, 0.15) is 0 Å². The molecule has 2 aromatic carbocycles. The highest BCUT2D eigenvalue weighted by Gasteiger charge is 2.11. The lowest BCUT2D eigenvalue weighted by Gasteiger charge is -2.13. The Morgan fingerprint density at radius 2 is 1.47 bits per heavy atom. The molecular formula is C14H13O3. The molecule has 0 amide bonds. The maximum atomic E-state index is 5.75. The predicted octanol–water partition coefficient (Wildman–Crippen LogP) is 3.30. The van der Waals surface area contributed by atoms with Crippen LogP contribution >= 0.6 is 0 Å². The summed E-state index contributed by atoms with van der Waals surface area (Å²) < 4.78 is 16.2. The van der Waals surface area contributed by atoms with E-state index in [1.807, 2.05) is 30.3 Å². The van der Waals surface area contributed by atoms with E-state index in [9.17, 15) is 0 Å². The third-order valence-electron chi connectivity index (χ3n) is 2.29. The Bertz CT molecular complexity index is 458. The summed E-state index contributed by atoms with van der Waals surface area (Å²) in [5.74, 6) is 2.56. The minimum atomic E-state index is 0.573. The first-order chi connectivity index (χ1) is 8.35. The molecule has 3 nitrogen and oxygen atoms in total. The Labute approximate surface area is 101 Å². The zero-order chi connectivity index (χ0) is 12.1. The number of hydrogen-bond acceptors (Lipinski definition) is 3. The van der Waals surface area contributed by atoms with Crippen molar-refractivity contribution >= 4 is 0 Å². The highest BCUT2D eigenvalue weighted by Crippen LogP contribution is 2.39. The number of ether oxygens (including phenoxy) is 3. The third-order valence-corrected chi connectivity index (χ3v) is 2.29. The quantitative estimate of drug-likeness (QED) is 0.805. The van der Waals surface area contributed by atoms with E-state index in [0.717, 1.165) is 0 Å². The van der Waals surface area contributed by atoms with E-state index in [0.29, 0.717) is 23.0 Å². The molecule has 0 aliphatic rings. The van der Waals surface area contributed by atoms with E-state index < -0.39 is 0 Å². The van der Waals surface area contributed by atoms with Crippen LogP contribution in [0, 0.1) is 6.07 Å². The molecule has 0 N–H and O–H groups in total. The molecule has 87 valence electrons. The lowest BCUT2D eigenvalue weighted by Crippen LogP contribution is -1.94. The molecule has 17 heavy (non-hydrogen) atoms. The molecule has 2 rings (SSSR count). The van der Waals surface area contributed by atoms with Crippen molar-refractivity contribution in [3.63, 3.8) is 0 Å². The molecule has 0 atom stereocenters. The first-order valence-corrected chi connectivity index (χ1v) is 5.20. The van der Waals surface area contributed by atoms with E-state index in [4.69, 9.17) is 14.2 Å². The van der Waals surface area contributed by atoms with Crippen molar-refractivity contribution < 1.29 is 14.2 Å². The van der Waals surface area contributed by atoms with E-state index in [2.05, 4.69) is 6.07 Å². The Kier molecular flexibility index (Phi) is 3.50. The van der Waals surface area contributed by atoms with Gasteiger partial charge in [0.2, 0.25) is 5.75 Å². The SMILES string of the molecule is COc1cccc(OC)c1Oc1cc[c]cc1. The molecule has 2 aromatic rings. The van der Waals surface area contributed by atoms with Gasteiger partial charge in [-0.25, -0.2) is 0 Å². The molecule has 0 spiro atoms. The second-order valence-electron chi connectivity index (χ2n) is 3.33. The largest absolute Gasteiger partial charge is 0.493 e. The summed E-state index contributed by atoms with van der Waals surface area (Å²) >= 11 is 0. The lowest BCUT2D eigenvalue weighted by atomic mass is 10.3. The molecule has 0 bridgehead atoms. The van der Waals surface area contributed by atoms with E-state index in [-0.39, 0.29) is 0 Å². The molecule has 0 heterocycles. The molecule has 0 fully saturated rings. The molecular weight excluding hydrogens is 216 g/mol. The zero-order valence-corrected chi connectivity index (χ0v) is 9.77. The minimum Gasteiger partial charge on any atom is -0.493 e. The van der Waals surface area contributed by atoms with Crippen LogP contribution in [0.3, 0.4) is 0 Å².